The summed E-state index contributed by atoms with van der Waals surface area (Å²) in [5, 5.41) is 16.1. The SMILES string of the molecule is COc1ccc(-c2cc3c(s2)Cc2c(-c4ccc5cn[nH]c5c4)n[nH]c2-3)cn1. The zero-order chi connectivity index (χ0) is 18.7. The zero-order valence-corrected chi connectivity index (χ0v) is 15.8. The van der Waals surface area contributed by atoms with Gasteiger partial charge in [-0.15, -0.1) is 11.3 Å². The fourth-order valence-corrected chi connectivity index (χ4v) is 4.97. The number of rotatable bonds is 3. The van der Waals surface area contributed by atoms with E-state index >= 15 is 0 Å². The van der Waals surface area contributed by atoms with E-state index in [-0.39, 0.29) is 0 Å². The molecule has 0 aliphatic heterocycles. The first kappa shape index (κ1) is 15.6. The number of fused-ring (bicyclic) bond motifs is 4. The Kier molecular flexibility index (Phi) is 3.21. The summed E-state index contributed by atoms with van der Waals surface area (Å²) >= 11 is 1.81. The van der Waals surface area contributed by atoms with Crippen LogP contribution in [0.15, 0.2) is 48.8 Å². The van der Waals surface area contributed by atoms with Crippen LogP contribution in [-0.4, -0.2) is 32.5 Å². The fourth-order valence-electron chi connectivity index (χ4n) is 3.80. The van der Waals surface area contributed by atoms with Gasteiger partial charge in [0.05, 0.1) is 30.2 Å². The molecule has 0 fully saturated rings. The van der Waals surface area contributed by atoms with Crippen LogP contribution in [0.25, 0.3) is 43.9 Å². The number of H-pyrrole nitrogens is 2. The molecule has 0 amide bonds. The molecule has 4 heterocycles. The number of hydrogen-bond acceptors (Lipinski definition) is 5. The molecule has 136 valence electrons. The van der Waals surface area contributed by atoms with Crippen LogP contribution in [0.2, 0.25) is 0 Å². The molecule has 2 N–H and O–H groups in total. The molecule has 0 atom stereocenters. The summed E-state index contributed by atoms with van der Waals surface area (Å²) in [7, 11) is 1.63. The topological polar surface area (TPSA) is 79.5 Å². The van der Waals surface area contributed by atoms with Crippen molar-refractivity contribution >= 4 is 22.2 Å². The van der Waals surface area contributed by atoms with Crippen molar-refractivity contribution < 1.29 is 4.74 Å². The van der Waals surface area contributed by atoms with Gasteiger partial charge in [-0.2, -0.15) is 10.2 Å². The van der Waals surface area contributed by atoms with Crippen molar-refractivity contribution in [3.63, 3.8) is 0 Å². The van der Waals surface area contributed by atoms with Crippen molar-refractivity contribution in [3.8, 4) is 38.8 Å². The quantitative estimate of drug-likeness (QED) is 0.464. The highest BCUT2D eigenvalue weighted by Crippen LogP contribution is 2.46. The molecule has 5 aromatic rings. The van der Waals surface area contributed by atoms with Crippen LogP contribution in [-0.2, 0) is 6.42 Å². The first-order chi connectivity index (χ1) is 13.8. The second-order valence-corrected chi connectivity index (χ2v) is 7.95. The van der Waals surface area contributed by atoms with Gasteiger partial charge < -0.3 is 4.74 Å². The molecule has 6 rings (SSSR count). The molecule has 0 bridgehead atoms. The Bertz CT molecular complexity index is 1330. The highest BCUT2D eigenvalue weighted by atomic mass is 32.1. The Morgan fingerprint density at radius 3 is 2.82 bits per heavy atom. The van der Waals surface area contributed by atoms with E-state index in [1.165, 1.54) is 20.9 Å². The van der Waals surface area contributed by atoms with Gasteiger partial charge in [0.1, 0.15) is 0 Å². The van der Waals surface area contributed by atoms with Crippen LogP contribution in [0.5, 0.6) is 5.88 Å². The van der Waals surface area contributed by atoms with Crippen molar-refractivity contribution in [2.75, 3.05) is 7.11 Å². The van der Waals surface area contributed by atoms with Crippen LogP contribution in [0, 0.1) is 0 Å². The third kappa shape index (κ3) is 2.23. The number of pyridine rings is 1. The third-order valence-electron chi connectivity index (χ3n) is 5.23. The van der Waals surface area contributed by atoms with Crippen LogP contribution < -0.4 is 4.74 Å². The summed E-state index contributed by atoms with van der Waals surface area (Å²) in [6.07, 6.45) is 4.59. The lowest BCUT2D eigenvalue weighted by atomic mass is 10.0. The molecular formula is C21H15N5OS. The van der Waals surface area contributed by atoms with Crippen LogP contribution >= 0.6 is 11.3 Å². The molecule has 0 saturated carbocycles. The second-order valence-electron chi connectivity index (χ2n) is 6.81. The Labute approximate surface area is 164 Å². The zero-order valence-electron chi connectivity index (χ0n) is 15.0. The van der Waals surface area contributed by atoms with Gasteiger partial charge in [0.25, 0.3) is 0 Å². The summed E-state index contributed by atoms with van der Waals surface area (Å²) in [6.45, 7) is 0. The van der Waals surface area contributed by atoms with E-state index in [4.69, 9.17) is 4.74 Å². The van der Waals surface area contributed by atoms with Crippen molar-refractivity contribution in [2.45, 2.75) is 6.42 Å². The highest BCUT2D eigenvalue weighted by Gasteiger charge is 2.28. The molecule has 1 aliphatic rings. The molecule has 28 heavy (non-hydrogen) atoms. The second kappa shape index (κ2) is 5.77. The smallest absolute Gasteiger partial charge is 0.212 e. The average molecular weight is 385 g/mol. The lowest BCUT2D eigenvalue weighted by molar-refractivity contribution is 0.398. The summed E-state index contributed by atoms with van der Waals surface area (Å²) < 4.78 is 5.15. The van der Waals surface area contributed by atoms with Gasteiger partial charge in [-0.25, -0.2) is 4.98 Å². The van der Waals surface area contributed by atoms with E-state index in [0.29, 0.717) is 5.88 Å². The normalized spacial score (nSPS) is 12.3. The standard InChI is InChI=1S/C21H15N5OS/c1-27-19-5-4-13(9-22-19)17-7-14-18(28-17)8-15-20(25-26-21(14)15)11-2-3-12-10-23-24-16(12)6-11/h2-7,9-10H,8H2,1H3,(H,23,24)(H,25,26). The molecule has 4 aromatic heterocycles. The molecule has 7 heteroatoms. The Morgan fingerprint density at radius 1 is 1.04 bits per heavy atom. The van der Waals surface area contributed by atoms with Crippen LogP contribution in [0.4, 0.5) is 0 Å². The maximum absolute atomic E-state index is 5.15. The highest BCUT2D eigenvalue weighted by molar-refractivity contribution is 7.16. The van der Waals surface area contributed by atoms with Gasteiger partial charge in [-0.05, 0) is 18.2 Å². The number of methoxy groups -OCH3 is 1. The molecule has 6 nitrogen and oxygen atoms in total. The van der Waals surface area contributed by atoms with Crippen LogP contribution in [0.3, 0.4) is 0 Å². The first-order valence-corrected chi connectivity index (χ1v) is 9.76. The summed E-state index contributed by atoms with van der Waals surface area (Å²) in [6, 6.07) is 12.5. The maximum Gasteiger partial charge on any atom is 0.212 e. The number of thiophene rings is 1. The van der Waals surface area contributed by atoms with E-state index in [1.54, 1.807) is 7.11 Å². The fraction of sp³-hybridized carbons (Fsp3) is 0.0952. The number of hydrogen-bond donors (Lipinski definition) is 2. The van der Waals surface area contributed by atoms with Gasteiger partial charge >= 0.3 is 0 Å². The minimum Gasteiger partial charge on any atom is -0.481 e. The monoisotopic (exact) mass is 385 g/mol. The summed E-state index contributed by atoms with van der Waals surface area (Å²) in [5.74, 6) is 0.627. The van der Waals surface area contributed by atoms with Gasteiger partial charge in [0.15, 0.2) is 0 Å². The number of aromatic amines is 2. The maximum atomic E-state index is 5.15. The van der Waals surface area contributed by atoms with Crippen molar-refractivity contribution in [1.29, 1.82) is 0 Å². The number of benzene rings is 1. The predicted octanol–water partition coefficient (Wildman–Crippen LogP) is 4.66. The number of ether oxygens (including phenoxy) is 1. The lowest BCUT2D eigenvalue weighted by Crippen LogP contribution is -1.86. The molecule has 1 aromatic carbocycles. The number of nitrogens with zero attached hydrogens (tertiary/aromatic N) is 3. The Morgan fingerprint density at radius 2 is 1.96 bits per heavy atom. The third-order valence-corrected chi connectivity index (χ3v) is 6.41. The van der Waals surface area contributed by atoms with E-state index in [2.05, 4.69) is 49.6 Å². The van der Waals surface area contributed by atoms with Crippen molar-refractivity contribution in [1.82, 2.24) is 25.4 Å². The largest absolute Gasteiger partial charge is 0.481 e. The van der Waals surface area contributed by atoms with E-state index in [1.807, 2.05) is 35.9 Å². The Hall–Kier alpha value is -3.45. The molecule has 0 saturated heterocycles. The molecule has 1 aliphatic carbocycles. The minimum atomic E-state index is 0.627. The van der Waals surface area contributed by atoms with Gasteiger partial charge in [0.2, 0.25) is 5.88 Å². The van der Waals surface area contributed by atoms with E-state index in [9.17, 15) is 0 Å². The summed E-state index contributed by atoms with van der Waals surface area (Å²) in [5.41, 5.74) is 7.87. The average Bonchev–Trinajstić information content (AvgIpc) is 3.48. The van der Waals surface area contributed by atoms with Crippen molar-refractivity contribution in [2.24, 2.45) is 0 Å². The van der Waals surface area contributed by atoms with E-state index in [0.717, 1.165) is 39.8 Å². The minimum absolute atomic E-state index is 0.627. The Balaban J connectivity index is 1.39. The molecule has 0 radical (unpaired) electrons. The molecule has 0 unspecified atom stereocenters. The molecule has 0 spiro atoms. The van der Waals surface area contributed by atoms with Gasteiger partial charge in [-0.3, -0.25) is 10.2 Å². The summed E-state index contributed by atoms with van der Waals surface area (Å²) in [4.78, 5) is 6.89. The van der Waals surface area contributed by atoms with E-state index < -0.39 is 0 Å². The predicted molar refractivity (Wildman–Crippen MR) is 110 cm³/mol. The lowest BCUT2D eigenvalue weighted by Gasteiger charge is -2.01. The number of aromatic nitrogens is 5. The van der Waals surface area contributed by atoms with Gasteiger partial charge in [0, 0.05) is 56.1 Å². The van der Waals surface area contributed by atoms with Gasteiger partial charge in [-0.1, -0.05) is 12.1 Å². The van der Waals surface area contributed by atoms with Crippen LogP contribution in [0.1, 0.15) is 10.4 Å². The first-order valence-electron chi connectivity index (χ1n) is 8.94. The molecular weight excluding hydrogens is 370 g/mol. The van der Waals surface area contributed by atoms with Crippen molar-refractivity contribution in [3.05, 3.63) is 59.2 Å². The number of nitrogens with one attached hydrogen (secondary N) is 2.